The molecule has 0 amide bonds. The zero-order valence-corrected chi connectivity index (χ0v) is 17.6. The Morgan fingerprint density at radius 2 is 1.83 bits per heavy atom. The second-order valence-corrected chi connectivity index (χ2v) is 9.10. The van der Waals surface area contributed by atoms with Crippen LogP contribution in [0.25, 0.3) is 0 Å². The van der Waals surface area contributed by atoms with Gasteiger partial charge in [0.05, 0.1) is 18.8 Å². The molecular weight excluding hydrogens is 404 g/mol. The zero-order valence-electron chi connectivity index (χ0n) is 16.1. The molecular formula is C22H23ClN4OS. The highest BCUT2D eigenvalue weighted by Crippen LogP contribution is 2.31. The van der Waals surface area contributed by atoms with E-state index < -0.39 is 0 Å². The van der Waals surface area contributed by atoms with Crippen molar-refractivity contribution >= 4 is 28.1 Å². The summed E-state index contributed by atoms with van der Waals surface area (Å²) in [5, 5.41) is 11.7. The molecule has 2 atom stereocenters. The average Bonchev–Trinajstić information content (AvgIpc) is 3.38. The van der Waals surface area contributed by atoms with E-state index in [0.29, 0.717) is 6.04 Å². The summed E-state index contributed by atoms with van der Waals surface area (Å²) in [7, 11) is 0. The second kappa shape index (κ2) is 8.40. The molecule has 0 bridgehead atoms. The second-order valence-electron chi connectivity index (χ2n) is 7.62. The molecule has 150 valence electrons. The van der Waals surface area contributed by atoms with Crippen molar-refractivity contribution in [3.05, 3.63) is 75.8 Å². The van der Waals surface area contributed by atoms with Gasteiger partial charge in [0, 0.05) is 37.6 Å². The van der Waals surface area contributed by atoms with Crippen LogP contribution in [-0.2, 0) is 17.7 Å². The van der Waals surface area contributed by atoms with Crippen molar-refractivity contribution in [2.45, 2.75) is 25.1 Å². The molecule has 0 radical (unpaired) electrons. The van der Waals surface area contributed by atoms with Gasteiger partial charge >= 0.3 is 0 Å². The van der Waals surface area contributed by atoms with Crippen LogP contribution in [0.5, 0.6) is 0 Å². The lowest BCUT2D eigenvalue weighted by Gasteiger charge is -2.36. The van der Waals surface area contributed by atoms with E-state index in [9.17, 15) is 0 Å². The quantitative estimate of drug-likeness (QED) is 0.619. The summed E-state index contributed by atoms with van der Waals surface area (Å²) in [5.41, 5.74) is 2.55. The summed E-state index contributed by atoms with van der Waals surface area (Å²) < 4.78 is 6.10. The summed E-state index contributed by atoms with van der Waals surface area (Å²) in [6.07, 6.45) is 1.02. The van der Waals surface area contributed by atoms with Crippen LogP contribution >= 0.6 is 22.9 Å². The molecule has 0 spiro atoms. The number of anilines is 1. The van der Waals surface area contributed by atoms with Crippen molar-refractivity contribution in [3.8, 4) is 0 Å². The van der Waals surface area contributed by atoms with E-state index in [1.807, 2.05) is 24.3 Å². The molecule has 1 aromatic heterocycles. The van der Waals surface area contributed by atoms with Crippen LogP contribution in [0, 0.1) is 0 Å². The van der Waals surface area contributed by atoms with Gasteiger partial charge in [-0.2, -0.15) is 0 Å². The molecule has 7 heteroatoms. The number of ether oxygens (including phenoxy) is 1. The summed E-state index contributed by atoms with van der Waals surface area (Å²) >= 11 is 7.66. The van der Waals surface area contributed by atoms with E-state index >= 15 is 0 Å². The first-order chi connectivity index (χ1) is 14.2. The molecule has 0 aliphatic carbocycles. The fraction of sp³-hybridized carbons (Fsp3) is 0.364. The van der Waals surface area contributed by atoms with Crippen molar-refractivity contribution in [2.24, 2.45) is 0 Å². The van der Waals surface area contributed by atoms with E-state index in [-0.39, 0.29) is 6.10 Å². The lowest BCUT2D eigenvalue weighted by molar-refractivity contribution is -0.0499. The van der Waals surface area contributed by atoms with Gasteiger partial charge in [-0.3, -0.25) is 4.90 Å². The number of rotatable bonds is 5. The number of aromatic nitrogens is 2. The van der Waals surface area contributed by atoms with E-state index in [4.69, 9.17) is 16.3 Å². The highest BCUT2D eigenvalue weighted by atomic mass is 35.5. The van der Waals surface area contributed by atoms with Gasteiger partial charge in [0.1, 0.15) is 5.01 Å². The third kappa shape index (κ3) is 4.31. The lowest BCUT2D eigenvalue weighted by Crippen LogP contribution is -2.50. The Bertz CT molecular complexity index is 949. The lowest BCUT2D eigenvalue weighted by atomic mass is 10.1. The molecule has 2 saturated heterocycles. The minimum atomic E-state index is 0.232. The summed E-state index contributed by atoms with van der Waals surface area (Å²) in [5.74, 6) is 0. The van der Waals surface area contributed by atoms with Crippen LogP contribution in [0.1, 0.15) is 16.1 Å². The van der Waals surface area contributed by atoms with Crippen LogP contribution in [-0.4, -0.2) is 53.5 Å². The molecule has 2 aliphatic heterocycles. The van der Waals surface area contributed by atoms with E-state index in [1.165, 1.54) is 11.1 Å². The van der Waals surface area contributed by atoms with Gasteiger partial charge in [0.15, 0.2) is 0 Å². The predicted octanol–water partition coefficient (Wildman–Crippen LogP) is 3.87. The van der Waals surface area contributed by atoms with E-state index in [2.05, 4.69) is 50.3 Å². The summed E-state index contributed by atoms with van der Waals surface area (Å²) in [6.45, 7) is 4.55. The molecule has 5 rings (SSSR count). The van der Waals surface area contributed by atoms with Gasteiger partial charge in [-0.1, -0.05) is 65.4 Å². The maximum atomic E-state index is 6.10. The monoisotopic (exact) mass is 426 g/mol. The minimum absolute atomic E-state index is 0.232. The Hall–Kier alpha value is -1.99. The van der Waals surface area contributed by atoms with Crippen molar-refractivity contribution in [2.75, 3.05) is 31.1 Å². The van der Waals surface area contributed by atoms with E-state index in [0.717, 1.165) is 54.4 Å². The van der Waals surface area contributed by atoms with Crippen molar-refractivity contribution < 1.29 is 4.74 Å². The van der Waals surface area contributed by atoms with Crippen LogP contribution in [0.2, 0.25) is 5.02 Å². The third-order valence-corrected chi connectivity index (χ3v) is 6.88. The first-order valence-corrected chi connectivity index (χ1v) is 11.2. The molecule has 0 saturated carbocycles. The Morgan fingerprint density at radius 3 is 2.66 bits per heavy atom. The molecule has 3 heterocycles. The zero-order chi connectivity index (χ0) is 19.6. The molecule has 5 nitrogen and oxygen atoms in total. The van der Waals surface area contributed by atoms with Crippen molar-refractivity contribution in [1.82, 2.24) is 15.1 Å². The third-order valence-electron chi connectivity index (χ3n) is 5.64. The minimum Gasteiger partial charge on any atom is -0.373 e. The highest BCUT2D eigenvalue weighted by Gasteiger charge is 2.41. The van der Waals surface area contributed by atoms with Crippen LogP contribution < -0.4 is 4.90 Å². The number of halogens is 1. The molecule has 2 unspecified atom stereocenters. The fourth-order valence-electron chi connectivity index (χ4n) is 4.15. The Morgan fingerprint density at radius 1 is 1.00 bits per heavy atom. The topological polar surface area (TPSA) is 41.5 Å². The standard InChI is InChI=1S/C22H23ClN4OS/c23-18-8-6-16(7-9-18)12-21-24-25-22(29-21)27-14-19-20(15-27)28-11-10-26(19)13-17-4-2-1-3-5-17/h1-9,19-20H,10-15H2. The molecule has 2 aromatic carbocycles. The number of morpholine rings is 1. The Labute approximate surface area is 179 Å². The van der Waals surface area contributed by atoms with Crippen LogP contribution in [0.15, 0.2) is 54.6 Å². The molecule has 2 aliphatic rings. The molecule has 3 aromatic rings. The van der Waals surface area contributed by atoms with Gasteiger partial charge in [0.2, 0.25) is 5.13 Å². The summed E-state index contributed by atoms with van der Waals surface area (Å²) in [4.78, 5) is 4.89. The number of nitrogens with zero attached hydrogens (tertiary/aromatic N) is 4. The van der Waals surface area contributed by atoms with Crippen molar-refractivity contribution in [1.29, 1.82) is 0 Å². The Balaban J connectivity index is 1.26. The number of hydrogen-bond acceptors (Lipinski definition) is 6. The highest BCUT2D eigenvalue weighted by molar-refractivity contribution is 7.15. The molecule has 2 fully saturated rings. The predicted molar refractivity (Wildman–Crippen MR) is 117 cm³/mol. The fourth-order valence-corrected chi connectivity index (χ4v) is 5.17. The normalized spacial score (nSPS) is 22.0. The van der Waals surface area contributed by atoms with Gasteiger partial charge in [0.25, 0.3) is 0 Å². The maximum absolute atomic E-state index is 6.10. The molecule has 29 heavy (non-hydrogen) atoms. The number of fused-ring (bicyclic) bond motifs is 1. The van der Waals surface area contributed by atoms with Crippen molar-refractivity contribution in [3.63, 3.8) is 0 Å². The SMILES string of the molecule is Clc1ccc(Cc2nnc(N3CC4OCCN(Cc5ccccc5)C4C3)s2)cc1. The average molecular weight is 427 g/mol. The maximum Gasteiger partial charge on any atom is 0.208 e. The van der Waals surface area contributed by atoms with Gasteiger partial charge < -0.3 is 9.64 Å². The van der Waals surface area contributed by atoms with E-state index in [1.54, 1.807) is 11.3 Å². The largest absolute Gasteiger partial charge is 0.373 e. The first-order valence-electron chi connectivity index (χ1n) is 9.96. The molecule has 0 N–H and O–H groups in total. The van der Waals surface area contributed by atoms with Crippen LogP contribution in [0.3, 0.4) is 0 Å². The van der Waals surface area contributed by atoms with Gasteiger partial charge in [-0.15, -0.1) is 10.2 Å². The van der Waals surface area contributed by atoms with Gasteiger partial charge in [-0.25, -0.2) is 0 Å². The summed E-state index contributed by atoms with van der Waals surface area (Å²) in [6, 6.07) is 19.0. The Kier molecular flexibility index (Phi) is 5.50. The van der Waals surface area contributed by atoms with Crippen LogP contribution in [0.4, 0.5) is 5.13 Å². The first kappa shape index (κ1) is 19.0. The smallest absolute Gasteiger partial charge is 0.208 e. The van der Waals surface area contributed by atoms with Gasteiger partial charge in [-0.05, 0) is 23.3 Å². The number of benzene rings is 2. The number of hydrogen-bond donors (Lipinski definition) is 0.